The normalized spacial score (nSPS) is 36.0. The summed E-state index contributed by atoms with van der Waals surface area (Å²) in [5.74, 6) is -30.4. The third kappa shape index (κ3) is 1.76. The molecule has 0 bridgehead atoms. The highest BCUT2D eigenvalue weighted by Crippen LogP contribution is 2.79. The lowest BCUT2D eigenvalue weighted by molar-refractivity contribution is -0.380. The zero-order chi connectivity index (χ0) is 19.0. The van der Waals surface area contributed by atoms with Gasteiger partial charge in [0.15, 0.2) is 0 Å². The van der Waals surface area contributed by atoms with Crippen LogP contribution in [0.4, 0.5) is 48.3 Å². The molecule has 2 rings (SSSR count). The maximum Gasteiger partial charge on any atom is 0.406 e. The van der Waals surface area contributed by atoms with Gasteiger partial charge in [-0.15, -0.1) is 0 Å². The molecule has 0 heterocycles. The van der Waals surface area contributed by atoms with E-state index in [2.05, 4.69) is 0 Å². The molecule has 2 aliphatic carbocycles. The predicted molar refractivity (Wildman–Crippen MR) is 59.4 cm³/mol. The van der Waals surface area contributed by atoms with E-state index >= 15 is 0 Å². The van der Waals surface area contributed by atoms with Gasteiger partial charge in [0.25, 0.3) is 0 Å². The van der Waals surface area contributed by atoms with Gasteiger partial charge in [0, 0.05) is 0 Å². The third-order valence-electron chi connectivity index (χ3n) is 5.35. The van der Waals surface area contributed by atoms with Crippen molar-refractivity contribution < 1.29 is 48.3 Å². The lowest BCUT2D eigenvalue weighted by atomic mass is 9.67. The molecule has 2 aliphatic rings. The van der Waals surface area contributed by atoms with Gasteiger partial charge in [-0.3, -0.25) is 0 Å². The van der Waals surface area contributed by atoms with E-state index in [1.807, 2.05) is 0 Å². The van der Waals surface area contributed by atoms with Gasteiger partial charge in [0.1, 0.15) is 0 Å². The van der Waals surface area contributed by atoms with Gasteiger partial charge in [-0.1, -0.05) is 19.8 Å². The Morgan fingerprint density at radius 2 is 1.17 bits per heavy atom. The molecule has 2 atom stereocenters. The molecule has 0 nitrogen and oxygen atoms in total. The van der Waals surface area contributed by atoms with Crippen LogP contribution in [0.5, 0.6) is 0 Å². The maximum absolute atomic E-state index is 14.0. The zero-order valence-electron chi connectivity index (χ0n) is 12.1. The second kappa shape index (κ2) is 4.90. The number of hydrogen-bond donors (Lipinski definition) is 0. The quantitative estimate of drug-likeness (QED) is 0.524. The van der Waals surface area contributed by atoms with Crippen molar-refractivity contribution in [2.75, 3.05) is 0 Å². The minimum absolute atomic E-state index is 0.133. The van der Waals surface area contributed by atoms with Crippen LogP contribution >= 0.6 is 0 Å². The van der Waals surface area contributed by atoms with Crippen LogP contribution in [0.3, 0.4) is 0 Å². The number of halogens is 11. The summed E-state index contributed by atoms with van der Waals surface area (Å²) in [6.45, 7) is 1.45. The van der Waals surface area contributed by atoms with E-state index in [0.717, 1.165) is 0 Å². The number of alkyl halides is 11. The minimum Gasteiger partial charge on any atom is -0.198 e. The summed E-state index contributed by atoms with van der Waals surface area (Å²) < 4.78 is 149. The smallest absolute Gasteiger partial charge is 0.198 e. The summed E-state index contributed by atoms with van der Waals surface area (Å²) in [5.41, 5.74) is -5.82. The Bertz CT molecular complexity index is 479. The average molecular weight is 378 g/mol. The van der Waals surface area contributed by atoms with Gasteiger partial charge in [0.2, 0.25) is 5.41 Å². The van der Waals surface area contributed by atoms with Crippen molar-refractivity contribution in [3.05, 3.63) is 0 Å². The summed E-state index contributed by atoms with van der Waals surface area (Å²) in [4.78, 5) is 0. The van der Waals surface area contributed by atoms with E-state index in [1.165, 1.54) is 6.92 Å². The molecule has 2 unspecified atom stereocenters. The molecule has 0 aromatic carbocycles. The Hall–Kier alpha value is -0.770. The second-order valence-electron chi connectivity index (χ2n) is 6.39. The lowest BCUT2D eigenvalue weighted by Crippen LogP contribution is -2.64. The Balaban J connectivity index is 2.80. The van der Waals surface area contributed by atoms with E-state index in [9.17, 15) is 48.3 Å². The highest BCUT2D eigenvalue weighted by molar-refractivity contribution is 5.29. The van der Waals surface area contributed by atoms with Crippen LogP contribution in [0.25, 0.3) is 0 Å². The fourth-order valence-electron chi connectivity index (χ4n) is 4.03. The van der Waals surface area contributed by atoms with Crippen molar-refractivity contribution in [2.24, 2.45) is 17.3 Å². The molecule has 0 amide bonds. The topological polar surface area (TPSA) is 0 Å². The highest BCUT2D eigenvalue weighted by atomic mass is 19.4. The van der Waals surface area contributed by atoms with Gasteiger partial charge < -0.3 is 0 Å². The molecular weight excluding hydrogens is 365 g/mol. The molecule has 0 aliphatic heterocycles. The van der Waals surface area contributed by atoms with E-state index in [1.54, 1.807) is 0 Å². The van der Waals surface area contributed by atoms with Gasteiger partial charge in [-0.25, -0.2) is 0 Å². The highest BCUT2D eigenvalue weighted by Gasteiger charge is 3.05. The SMILES string of the molecule is CCC1CCC(C2(C(F)(F)F)C(F)(F)C(F)(F)C(F)(F)C2(F)F)C1. The standard InChI is InChI=1S/C13H13F11/c1-2-6-3-4-7(5-6)8(13(22,23)24)9(14,15)11(18,19)12(20,21)10(8,16)17/h6-7H,2-5H2,1H3. The first-order valence-electron chi connectivity index (χ1n) is 7.12. The van der Waals surface area contributed by atoms with Crippen molar-refractivity contribution in [3.8, 4) is 0 Å². The number of hydrogen-bond acceptors (Lipinski definition) is 0. The van der Waals surface area contributed by atoms with E-state index in [4.69, 9.17) is 0 Å². The first-order valence-corrected chi connectivity index (χ1v) is 7.12. The van der Waals surface area contributed by atoms with E-state index in [0.29, 0.717) is 0 Å². The van der Waals surface area contributed by atoms with Crippen molar-refractivity contribution in [1.29, 1.82) is 0 Å². The third-order valence-corrected chi connectivity index (χ3v) is 5.35. The van der Waals surface area contributed by atoms with Gasteiger partial charge in [-0.05, 0) is 24.7 Å². The zero-order valence-corrected chi connectivity index (χ0v) is 12.1. The van der Waals surface area contributed by atoms with Crippen molar-refractivity contribution >= 4 is 0 Å². The van der Waals surface area contributed by atoms with Crippen LogP contribution < -0.4 is 0 Å². The number of rotatable bonds is 2. The van der Waals surface area contributed by atoms with E-state index in [-0.39, 0.29) is 12.8 Å². The van der Waals surface area contributed by atoms with Crippen LogP contribution in [0.1, 0.15) is 32.6 Å². The molecular formula is C13H13F11. The monoisotopic (exact) mass is 378 g/mol. The Morgan fingerprint density at radius 3 is 1.46 bits per heavy atom. The molecule has 24 heavy (non-hydrogen) atoms. The minimum atomic E-state index is -6.83. The molecule has 11 heteroatoms. The summed E-state index contributed by atoms with van der Waals surface area (Å²) in [7, 11) is 0. The van der Waals surface area contributed by atoms with Crippen LogP contribution in [0, 0.1) is 17.3 Å². The fraction of sp³-hybridized carbons (Fsp3) is 1.00. The van der Waals surface area contributed by atoms with Gasteiger partial charge in [-0.2, -0.15) is 48.3 Å². The van der Waals surface area contributed by atoms with Crippen molar-refractivity contribution in [2.45, 2.75) is 62.5 Å². The van der Waals surface area contributed by atoms with Gasteiger partial charge in [0.05, 0.1) is 0 Å². The van der Waals surface area contributed by atoms with E-state index < -0.39 is 60.0 Å². The molecule has 0 spiro atoms. The van der Waals surface area contributed by atoms with Crippen molar-refractivity contribution in [3.63, 3.8) is 0 Å². The Kier molecular flexibility index (Phi) is 3.99. The molecule has 0 aromatic rings. The van der Waals surface area contributed by atoms with Crippen LogP contribution in [0.2, 0.25) is 0 Å². The first kappa shape index (κ1) is 19.6. The molecule has 0 saturated heterocycles. The van der Waals surface area contributed by atoms with Crippen LogP contribution in [0.15, 0.2) is 0 Å². The van der Waals surface area contributed by atoms with Crippen molar-refractivity contribution in [1.82, 2.24) is 0 Å². The van der Waals surface area contributed by atoms with Crippen LogP contribution in [-0.2, 0) is 0 Å². The lowest BCUT2D eigenvalue weighted by Gasteiger charge is -2.44. The molecule has 2 saturated carbocycles. The largest absolute Gasteiger partial charge is 0.406 e. The molecule has 0 aromatic heterocycles. The molecule has 0 radical (unpaired) electrons. The summed E-state index contributed by atoms with van der Waals surface area (Å²) in [6, 6.07) is 0. The maximum atomic E-state index is 14.0. The average Bonchev–Trinajstić information content (AvgIpc) is 2.86. The predicted octanol–water partition coefficient (Wildman–Crippen LogP) is 5.92. The van der Waals surface area contributed by atoms with Gasteiger partial charge >= 0.3 is 29.9 Å². The fourth-order valence-corrected chi connectivity index (χ4v) is 4.03. The summed E-state index contributed by atoms with van der Waals surface area (Å²) in [5, 5.41) is 0. The molecule has 2 fully saturated rings. The second-order valence-corrected chi connectivity index (χ2v) is 6.39. The first-order chi connectivity index (χ1) is 10.5. The molecule has 142 valence electrons. The molecule has 0 N–H and O–H groups in total. The Morgan fingerprint density at radius 1 is 0.750 bits per heavy atom. The van der Waals surface area contributed by atoms with Crippen LogP contribution in [-0.4, -0.2) is 29.9 Å². The Labute approximate surface area is 129 Å². The summed E-state index contributed by atoms with van der Waals surface area (Å²) in [6.07, 6.45) is -8.53. The summed E-state index contributed by atoms with van der Waals surface area (Å²) >= 11 is 0.